The predicted octanol–water partition coefficient (Wildman–Crippen LogP) is 2.86. The molecule has 3 amide bonds. The van der Waals surface area contributed by atoms with E-state index in [-0.39, 0.29) is 11.9 Å². The Morgan fingerprint density at radius 2 is 2.08 bits per heavy atom. The van der Waals surface area contributed by atoms with Crippen LogP contribution in [-0.4, -0.2) is 43.1 Å². The normalized spacial score (nSPS) is 17.2. The molecule has 24 heavy (non-hydrogen) atoms. The first-order valence-corrected chi connectivity index (χ1v) is 8.68. The van der Waals surface area contributed by atoms with E-state index in [4.69, 9.17) is 4.74 Å². The van der Waals surface area contributed by atoms with Gasteiger partial charge in [0.15, 0.2) is 0 Å². The van der Waals surface area contributed by atoms with E-state index in [9.17, 15) is 9.59 Å². The minimum atomic E-state index is -0.117. The van der Waals surface area contributed by atoms with Crippen molar-refractivity contribution in [3.63, 3.8) is 0 Å². The third kappa shape index (κ3) is 5.15. The molecule has 1 heterocycles. The van der Waals surface area contributed by atoms with Crippen molar-refractivity contribution in [1.29, 1.82) is 0 Å². The van der Waals surface area contributed by atoms with E-state index < -0.39 is 0 Å². The van der Waals surface area contributed by atoms with Crippen molar-refractivity contribution in [1.82, 2.24) is 10.2 Å². The van der Waals surface area contributed by atoms with Crippen LogP contribution in [-0.2, 0) is 4.79 Å². The summed E-state index contributed by atoms with van der Waals surface area (Å²) in [6.45, 7) is 6.33. The van der Waals surface area contributed by atoms with E-state index in [1.807, 2.05) is 43.0 Å². The average molecular weight is 333 g/mol. The minimum Gasteiger partial charge on any atom is -0.492 e. The molecule has 0 spiro atoms. The maximum atomic E-state index is 12.5. The van der Waals surface area contributed by atoms with Gasteiger partial charge in [0.1, 0.15) is 5.75 Å². The summed E-state index contributed by atoms with van der Waals surface area (Å²) >= 11 is 0. The van der Waals surface area contributed by atoms with Crippen LogP contribution >= 0.6 is 0 Å². The van der Waals surface area contributed by atoms with E-state index in [1.165, 1.54) is 0 Å². The van der Waals surface area contributed by atoms with Gasteiger partial charge in [-0.25, -0.2) is 4.79 Å². The standard InChI is InChI=1S/C18H27N3O3/c1-3-17(22)19-12-14-8-7-11-21(13-14)18(23)20-15-9-5-6-10-16(15)24-4-2/h5-6,9-10,14H,3-4,7-8,11-13H2,1-2H3,(H,19,22)(H,20,23)/t14-/m1/s1. The van der Waals surface area contributed by atoms with Crippen LogP contribution in [0.25, 0.3) is 0 Å². The molecule has 6 nitrogen and oxygen atoms in total. The molecule has 1 aromatic carbocycles. The van der Waals surface area contributed by atoms with Crippen LogP contribution in [0.3, 0.4) is 0 Å². The zero-order valence-corrected chi connectivity index (χ0v) is 14.5. The van der Waals surface area contributed by atoms with E-state index in [0.717, 1.165) is 19.4 Å². The van der Waals surface area contributed by atoms with Crippen molar-refractivity contribution in [3.8, 4) is 5.75 Å². The Morgan fingerprint density at radius 3 is 2.83 bits per heavy atom. The Kier molecular flexibility index (Phi) is 6.90. The lowest BCUT2D eigenvalue weighted by atomic mass is 9.98. The highest BCUT2D eigenvalue weighted by atomic mass is 16.5. The fourth-order valence-corrected chi connectivity index (χ4v) is 2.84. The number of carbonyl (C=O) groups excluding carboxylic acids is 2. The molecule has 1 atom stereocenters. The van der Waals surface area contributed by atoms with Gasteiger partial charge in [-0.15, -0.1) is 0 Å². The van der Waals surface area contributed by atoms with Crippen LogP contribution in [0.15, 0.2) is 24.3 Å². The van der Waals surface area contributed by atoms with Crippen molar-refractivity contribution in [3.05, 3.63) is 24.3 Å². The summed E-state index contributed by atoms with van der Waals surface area (Å²) < 4.78 is 5.54. The van der Waals surface area contributed by atoms with Crippen molar-refractivity contribution in [2.45, 2.75) is 33.1 Å². The highest BCUT2D eigenvalue weighted by Gasteiger charge is 2.24. The molecule has 1 saturated heterocycles. The zero-order valence-electron chi connectivity index (χ0n) is 14.5. The summed E-state index contributed by atoms with van der Waals surface area (Å²) in [5.41, 5.74) is 0.686. The van der Waals surface area contributed by atoms with Crippen LogP contribution in [0, 0.1) is 5.92 Å². The zero-order chi connectivity index (χ0) is 17.4. The molecule has 2 rings (SSSR count). The lowest BCUT2D eigenvalue weighted by Gasteiger charge is -2.33. The Labute approximate surface area is 143 Å². The van der Waals surface area contributed by atoms with Gasteiger partial charge in [0.05, 0.1) is 12.3 Å². The molecule has 0 unspecified atom stereocenters. The number of anilines is 1. The number of piperidine rings is 1. The lowest BCUT2D eigenvalue weighted by Crippen LogP contribution is -2.45. The molecular formula is C18H27N3O3. The van der Waals surface area contributed by atoms with Crippen LogP contribution < -0.4 is 15.4 Å². The van der Waals surface area contributed by atoms with Gasteiger partial charge in [0, 0.05) is 26.1 Å². The first-order chi connectivity index (χ1) is 11.6. The smallest absolute Gasteiger partial charge is 0.321 e. The maximum Gasteiger partial charge on any atom is 0.321 e. The van der Waals surface area contributed by atoms with Gasteiger partial charge in [-0.3, -0.25) is 4.79 Å². The third-order valence-corrected chi connectivity index (χ3v) is 4.14. The SMILES string of the molecule is CCOc1ccccc1NC(=O)N1CCC[C@H](CNC(=O)CC)C1. The number of carbonyl (C=O) groups is 2. The van der Waals surface area contributed by atoms with Gasteiger partial charge in [0.2, 0.25) is 5.91 Å². The van der Waals surface area contributed by atoms with Gasteiger partial charge >= 0.3 is 6.03 Å². The summed E-state index contributed by atoms with van der Waals surface area (Å²) in [5.74, 6) is 1.04. The number of amides is 3. The highest BCUT2D eigenvalue weighted by molar-refractivity contribution is 5.91. The Morgan fingerprint density at radius 1 is 1.29 bits per heavy atom. The Bertz CT molecular complexity index is 562. The number of ether oxygens (including phenoxy) is 1. The fourth-order valence-electron chi connectivity index (χ4n) is 2.84. The van der Waals surface area contributed by atoms with Crippen LogP contribution in [0.5, 0.6) is 5.75 Å². The summed E-state index contributed by atoms with van der Waals surface area (Å²) in [5, 5.41) is 5.86. The second kappa shape index (κ2) is 9.15. The second-order valence-corrected chi connectivity index (χ2v) is 5.97. The predicted molar refractivity (Wildman–Crippen MR) is 94.2 cm³/mol. The van der Waals surface area contributed by atoms with Crippen molar-refractivity contribution < 1.29 is 14.3 Å². The molecule has 0 aliphatic carbocycles. The molecule has 132 valence electrons. The summed E-state index contributed by atoms with van der Waals surface area (Å²) in [6.07, 6.45) is 2.47. The summed E-state index contributed by atoms with van der Waals surface area (Å²) in [4.78, 5) is 25.7. The first kappa shape index (κ1) is 18.1. The number of nitrogens with one attached hydrogen (secondary N) is 2. The maximum absolute atomic E-state index is 12.5. The minimum absolute atomic E-state index is 0.0576. The number of urea groups is 1. The number of hydrogen-bond donors (Lipinski definition) is 2. The molecule has 0 bridgehead atoms. The van der Waals surface area contributed by atoms with Gasteiger partial charge in [-0.2, -0.15) is 0 Å². The monoisotopic (exact) mass is 333 g/mol. The molecule has 6 heteroatoms. The number of hydrogen-bond acceptors (Lipinski definition) is 3. The molecule has 2 N–H and O–H groups in total. The van der Waals surface area contributed by atoms with Gasteiger partial charge in [-0.1, -0.05) is 19.1 Å². The van der Waals surface area contributed by atoms with Crippen LogP contribution in [0.1, 0.15) is 33.1 Å². The Balaban J connectivity index is 1.91. The van der Waals surface area contributed by atoms with E-state index in [0.29, 0.717) is 43.5 Å². The van der Waals surface area contributed by atoms with Gasteiger partial charge < -0.3 is 20.3 Å². The molecule has 1 aromatic rings. The van der Waals surface area contributed by atoms with Crippen molar-refractivity contribution in [2.24, 2.45) is 5.92 Å². The van der Waals surface area contributed by atoms with Crippen LogP contribution in [0.2, 0.25) is 0 Å². The van der Waals surface area contributed by atoms with Crippen molar-refractivity contribution >= 4 is 17.6 Å². The molecule has 1 fully saturated rings. The first-order valence-electron chi connectivity index (χ1n) is 8.68. The third-order valence-electron chi connectivity index (χ3n) is 4.14. The highest BCUT2D eigenvalue weighted by Crippen LogP contribution is 2.25. The summed E-state index contributed by atoms with van der Waals surface area (Å²) in [7, 11) is 0. The number of rotatable bonds is 6. The largest absolute Gasteiger partial charge is 0.492 e. The number of likely N-dealkylation sites (tertiary alicyclic amines) is 1. The molecule has 0 radical (unpaired) electrons. The van der Waals surface area contributed by atoms with Gasteiger partial charge in [0.25, 0.3) is 0 Å². The van der Waals surface area contributed by atoms with E-state index in [2.05, 4.69) is 10.6 Å². The molecule has 1 aliphatic heterocycles. The summed E-state index contributed by atoms with van der Waals surface area (Å²) in [6, 6.07) is 7.32. The van der Waals surface area contributed by atoms with Crippen LogP contribution in [0.4, 0.5) is 10.5 Å². The van der Waals surface area contributed by atoms with Gasteiger partial charge in [-0.05, 0) is 37.8 Å². The van der Waals surface area contributed by atoms with E-state index >= 15 is 0 Å². The molecule has 0 aromatic heterocycles. The molecular weight excluding hydrogens is 306 g/mol. The molecule has 1 aliphatic rings. The molecule has 0 saturated carbocycles. The van der Waals surface area contributed by atoms with Crippen molar-refractivity contribution in [2.75, 3.05) is 31.6 Å². The Hall–Kier alpha value is -2.24. The lowest BCUT2D eigenvalue weighted by molar-refractivity contribution is -0.121. The quantitative estimate of drug-likeness (QED) is 0.841. The number of benzene rings is 1. The fraction of sp³-hybridized carbons (Fsp3) is 0.556. The number of nitrogens with zero attached hydrogens (tertiary/aromatic N) is 1. The van der Waals surface area contributed by atoms with E-state index in [1.54, 1.807) is 0 Å². The average Bonchev–Trinajstić information content (AvgIpc) is 2.61. The number of para-hydroxylation sites is 2. The second-order valence-electron chi connectivity index (χ2n) is 5.97. The topological polar surface area (TPSA) is 70.7 Å².